The van der Waals surface area contributed by atoms with E-state index in [0.29, 0.717) is 5.75 Å². The molecule has 0 heterocycles. The van der Waals surface area contributed by atoms with Crippen LogP contribution in [0.3, 0.4) is 0 Å². The molecule has 0 fully saturated rings. The third-order valence-corrected chi connectivity index (χ3v) is 2.41. The Balaban J connectivity index is 3.28. The topological polar surface area (TPSA) is 71.1 Å². The summed E-state index contributed by atoms with van der Waals surface area (Å²) in [7, 11) is 4.25. The van der Waals surface area contributed by atoms with Crippen molar-refractivity contribution in [1.82, 2.24) is 0 Å². The molecule has 0 radical (unpaired) electrons. The van der Waals surface area contributed by atoms with E-state index in [2.05, 4.69) is 4.74 Å². The highest BCUT2D eigenvalue weighted by Gasteiger charge is 2.25. The van der Waals surface area contributed by atoms with Gasteiger partial charge in [0, 0.05) is 0 Å². The first-order valence-corrected chi connectivity index (χ1v) is 5.61. The molecule has 0 saturated carbocycles. The molecule has 0 amide bonds. The van der Waals surface area contributed by atoms with Crippen LogP contribution in [-0.4, -0.2) is 39.7 Å². The fourth-order valence-electron chi connectivity index (χ4n) is 1.59. The summed E-state index contributed by atoms with van der Waals surface area (Å²) >= 11 is 0. The third kappa shape index (κ3) is 2.96. The van der Waals surface area contributed by atoms with E-state index in [9.17, 15) is 9.59 Å². The summed E-state index contributed by atoms with van der Waals surface area (Å²) in [5.41, 5.74) is 0.0681. The fraction of sp³-hybridized carbons (Fsp3) is 0.385. The van der Waals surface area contributed by atoms with E-state index >= 15 is 0 Å². The lowest BCUT2D eigenvalue weighted by Gasteiger charge is -2.14. The van der Waals surface area contributed by atoms with Gasteiger partial charge in [-0.3, -0.25) is 4.79 Å². The van der Waals surface area contributed by atoms with Crippen molar-refractivity contribution in [2.75, 3.05) is 27.9 Å². The van der Waals surface area contributed by atoms with Crippen molar-refractivity contribution in [1.29, 1.82) is 0 Å². The number of hydrogen-bond donors (Lipinski definition) is 0. The molecule has 0 spiro atoms. The van der Waals surface area contributed by atoms with E-state index in [1.807, 2.05) is 0 Å². The van der Waals surface area contributed by atoms with Crippen LogP contribution in [0.5, 0.6) is 17.2 Å². The Morgan fingerprint density at radius 2 is 1.63 bits per heavy atom. The zero-order chi connectivity index (χ0) is 14.4. The summed E-state index contributed by atoms with van der Waals surface area (Å²) in [6.07, 6.45) is 0. The fourth-order valence-corrected chi connectivity index (χ4v) is 1.59. The number of ketones is 1. The zero-order valence-electron chi connectivity index (χ0n) is 11.3. The molecule has 0 N–H and O–H groups in total. The molecule has 1 rings (SSSR count). The number of rotatable bonds is 6. The average Bonchev–Trinajstić information content (AvgIpc) is 2.44. The molecule has 6 heteroatoms. The molecule has 19 heavy (non-hydrogen) atoms. The first-order valence-electron chi connectivity index (χ1n) is 5.61. The minimum Gasteiger partial charge on any atom is -0.493 e. The molecule has 1 aromatic rings. The average molecular weight is 268 g/mol. The van der Waals surface area contributed by atoms with Crippen molar-refractivity contribution in [2.24, 2.45) is 0 Å². The first kappa shape index (κ1) is 14.8. The molecule has 0 atom stereocenters. The van der Waals surface area contributed by atoms with Crippen LogP contribution in [0.25, 0.3) is 0 Å². The highest BCUT2D eigenvalue weighted by molar-refractivity contribution is 6.41. The Bertz CT molecular complexity index is 480. The molecule has 6 nitrogen and oxygen atoms in total. The minimum atomic E-state index is -0.937. The van der Waals surface area contributed by atoms with Gasteiger partial charge in [-0.05, 0) is 19.1 Å². The van der Waals surface area contributed by atoms with Gasteiger partial charge in [-0.15, -0.1) is 0 Å². The zero-order valence-corrected chi connectivity index (χ0v) is 11.3. The van der Waals surface area contributed by atoms with E-state index in [0.717, 1.165) is 0 Å². The Labute approximate surface area is 111 Å². The van der Waals surface area contributed by atoms with Gasteiger partial charge in [0.15, 0.2) is 11.5 Å². The predicted molar refractivity (Wildman–Crippen MR) is 67.1 cm³/mol. The van der Waals surface area contributed by atoms with Gasteiger partial charge in [0.1, 0.15) is 0 Å². The van der Waals surface area contributed by atoms with Crippen LogP contribution in [-0.2, 0) is 9.53 Å². The van der Waals surface area contributed by atoms with Crippen LogP contribution in [0.1, 0.15) is 17.3 Å². The standard InChI is InChI=1S/C13H16O6/c1-5-19-13(15)10(14)8-6-7-9(16-2)12(18-4)11(8)17-3/h6-7H,5H2,1-4H3. The third-order valence-electron chi connectivity index (χ3n) is 2.41. The van der Waals surface area contributed by atoms with Crippen molar-refractivity contribution >= 4 is 11.8 Å². The van der Waals surface area contributed by atoms with Crippen molar-refractivity contribution in [3.8, 4) is 17.2 Å². The van der Waals surface area contributed by atoms with Crippen LogP contribution >= 0.6 is 0 Å². The molecular weight excluding hydrogens is 252 g/mol. The van der Waals surface area contributed by atoms with Crippen LogP contribution in [0.4, 0.5) is 0 Å². The van der Waals surface area contributed by atoms with Crippen molar-refractivity contribution in [3.05, 3.63) is 17.7 Å². The molecule has 1 aromatic carbocycles. The summed E-state index contributed by atoms with van der Waals surface area (Å²) in [6.45, 7) is 1.75. The van der Waals surface area contributed by atoms with Gasteiger partial charge in [0.05, 0.1) is 33.5 Å². The summed E-state index contributed by atoms with van der Waals surface area (Å²) in [5, 5.41) is 0. The van der Waals surface area contributed by atoms with Gasteiger partial charge in [-0.25, -0.2) is 4.79 Å². The minimum absolute atomic E-state index is 0.0681. The quantitative estimate of drug-likeness (QED) is 0.442. The Hall–Kier alpha value is -2.24. The Kier molecular flexibility index (Phi) is 5.17. The normalized spacial score (nSPS) is 9.68. The van der Waals surface area contributed by atoms with Crippen LogP contribution in [0.2, 0.25) is 0 Å². The second-order valence-corrected chi connectivity index (χ2v) is 3.43. The predicted octanol–water partition coefficient (Wildman–Crippen LogP) is 1.46. The highest BCUT2D eigenvalue weighted by atomic mass is 16.5. The SMILES string of the molecule is CCOC(=O)C(=O)c1ccc(OC)c(OC)c1OC. The number of carbonyl (C=O) groups excluding carboxylic acids is 2. The van der Waals surface area contributed by atoms with Crippen LogP contribution < -0.4 is 14.2 Å². The molecule has 0 saturated heterocycles. The lowest BCUT2D eigenvalue weighted by atomic mass is 10.1. The molecule has 0 aromatic heterocycles. The van der Waals surface area contributed by atoms with E-state index < -0.39 is 11.8 Å². The number of Topliss-reactive ketones (excluding diaryl/α,β-unsaturated/α-hetero) is 1. The van der Waals surface area contributed by atoms with Crippen molar-refractivity contribution < 1.29 is 28.5 Å². The molecule has 0 aliphatic heterocycles. The van der Waals surface area contributed by atoms with Gasteiger partial charge in [-0.1, -0.05) is 0 Å². The monoisotopic (exact) mass is 268 g/mol. The Morgan fingerprint density at radius 3 is 2.11 bits per heavy atom. The van der Waals surface area contributed by atoms with Gasteiger partial charge in [-0.2, -0.15) is 0 Å². The number of methoxy groups -OCH3 is 3. The molecule has 0 aliphatic carbocycles. The number of hydrogen-bond acceptors (Lipinski definition) is 6. The van der Waals surface area contributed by atoms with E-state index in [1.165, 1.54) is 33.5 Å². The van der Waals surface area contributed by atoms with Gasteiger partial charge in [0.2, 0.25) is 5.75 Å². The summed E-state index contributed by atoms with van der Waals surface area (Å²) < 4.78 is 20.0. The largest absolute Gasteiger partial charge is 0.493 e. The summed E-state index contributed by atoms with van der Waals surface area (Å²) in [5.74, 6) is -0.938. The molecule has 0 unspecified atom stereocenters. The second-order valence-electron chi connectivity index (χ2n) is 3.43. The maximum Gasteiger partial charge on any atom is 0.379 e. The summed E-state index contributed by atoms with van der Waals surface area (Å²) in [6, 6.07) is 2.95. The van der Waals surface area contributed by atoms with Crippen LogP contribution in [0, 0.1) is 0 Å². The molecular formula is C13H16O6. The molecule has 0 bridgehead atoms. The van der Waals surface area contributed by atoms with Gasteiger partial charge < -0.3 is 18.9 Å². The lowest BCUT2D eigenvalue weighted by Crippen LogP contribution is -2.18. The number of ether oxygens (including phenoxy) is 4. The van der Waals surface area contributed by atoms with E-state index in [-0.39, 0.29) is 23.7 Å². The van der Waals surface area contributed by atoms with Crippen molar-refractivity contribution in [3.63, 3.8) is 0 Å². The second kappa shape index (κ2) is 6.63. The maximum atomic E-state index is 11.9. The molecule has 104 valence electrons. The lowest BCUT2D eigenvalue weighted by molar-refractivity contribution is -0.137. The maximum absolute atomic E-state index is 11.9. The molecule has 0 aliphatic rings. The number of benzene rings is 1. The van der Waals surface area contributed by atoms with Crippen molar-refractivity contribution in [2.45, 2.75) is 6.92 Å². The van der Waals surface area contributed by atoms with Gasteiger partial charge in [0.25, 0.3) is 5.78 Å². The number of carbonyl (C=O) groups is 2. The number of esters is 1. The Morgan fingerprint density at radius 1 is 1.00 bits per heavy atom. The van der Waals surface area contributed by atoms with Gasteiger partial charge >= 0.3 is 5.97 Å². The highest BCUT2D eigenvalue weighted by Crippen LogP contribution is 2.39. The van der Waals surface area contributed by atoms with E-state index in [4.69, 9.17) is 14.2 Å². The first-order chi connectivity index (χ1) is 9.10. The van der Waals surface area contributed by atoms with E-state index in [1.54, 1.807) is 6.92 Å². The van der Waals surface area contributed by atoms with Crippen LogP contribution in [0.15, 0.2) is 12.1 Å². The summed E-state index contributed by atoms with van der Waals surface area (Å²) in [4.78, 5) is 23.4. The smallest absolute Gasteiger partial charge is 0.379 e.